The van der Waals surface area contributed by atoms with Gasteiger partial charge in [0.2, 0.25) is 0 Å². The third-order valence-corrected chi connectivity index (χ3v) is 6.36. The summed E-state index contributed by atoms with van der Waals surface area (Å²) in [7, 11) is 0. The Morgan fingerprint density at radius 1 is 0.944 bits per heavy atom. The fourth-order valence-electron chi connectivity index (χ4n) is 3.55. The molecule has 0 bridgehead atoms. The molecule has 0 aromatic carbocycles. The van der Waals surface area contributed by atoms with Crippen LogP contribution in [0.2, 0.25) is 0 Å². The van der Waals surface area contributed by atoms with Gasteiger partial charge in [0.15, 0.2) is 0 Å². The first kappa shape index (κ1) is 13.3. The molecular weight excluding hydrogens is 228 g/mol. The lowest BCUT2D eigenvalue weighted by Gasteiger charge is -2.58. The molecule has 100 valence electrons. The Morgan fingerprint density at radius 3 is 1.94 bits per heavy atom. The van der Waals surface area contributed by atoms with E-state index in [1.165, 1.54) is 0 Å². The Balaban J connectivity index is 2.84. The van der Waals surface area contributed by atoms with Crippen LogP contribution in [0.3, 0.4) is 0 Å². The molecule has 2 rings (SSSR count). The molecule has 3 nitrogen and oxygen atoms in total. The van der Waals surface area contributed by atoms with E-state index in [1.807, 2.05) is 26.8 Å². The summed E-state index contributed by atoms with van der Waals surface area (Å²) in [6, 6.07) is 0. The summed E-state index contributed by atoms with van der Waals surface area (Å²) < 4.78 is 4.97. The van der Waals surface area contributed by atoms with E-state index in [-0.39, 0.29) is 10.8 Å². The van der Waals surface area contributed by atoms with Crippen molar-refractivity contribution >= 4 is 11.9 Å². The fourth-order valence-corrected chi connectivity index (χ4v) is 3.55. The number of hydrogen-bond donors (Lipinski definition) is 0. The molecule has 2 atom stereocenters. The van der Waals surface area contributed by atoms with Crippen LogP contribution in [0.4, 0.5) is 0 Å². The normalized spacial score (nSPS) is 41.2. The average Bonchev–Trinajstić information content (AvgIpc) is 2.40. The van der Waals surface area contributed by atoms with Gasteiger partial charge in [-0.05, 0) is 31.6 Å². The molecule has 1 heterocycles. The number of carbonyl (C=O) groups is 2. The molecular formula is C15H22O3. The third kappa shape index (κ3) is 1.03. The molecule has 0 N–H and O–H groups in total. The van der Waals surface area contributed by atoms with Crippen molar-refractivity contribution in [2.24, 2.45) is 21.7 Å². The number of fused-ring (bicyclic) bond motifs is 1. The number of rotatable bonds is 0. The van der Waals surface area contributed by atoms with Crippen LogP contribution in [0.5, 0.6) is 0 Å². The Bertz CT molecular complexity index is 484. The lowest BCUT2D eigenvalue weighted by Crippen LogP contribution is -2.59. The molecule has 0 aromatic heterocycles. The maximum Gasteiger partial charge on any atom is 0.324 e. The van der Waals surface area contributed by atoms with Crippen LogP contribution >= 0.6 is 0 Å². The van der Waals surface area contributed by atoms with Crippen LogP contribution in [0.1, 0.15) is 48.5 Å². The molecule has 1 aliphatic heterocycles. The van der Waals surface area contributed by atoms with Crippen molar-refractivity contribution in [3.63, 3.8) is 0 Å². The average molecular weight is 250 g/mol. The zero-order valence-electron chi connectivity index (χ0n) is 12.3. The van der Waals surface area contributed by atoms with Gasteiger partial charge in [-0.15, -0.1) is 0 Å². The van der Waals surface area contributed by atoms with E-state index >= 15 is 0 Å². The highest BCUT2D eigenvalue weighted by Crippen LogP contribution is 2.68. The van der Waals surface area contributed by atoms with Crippen molar-refractivity contribution in [1.29, 1.82) is 0 Å². The monoisotopic (exact) mass is 250 g/mol. The van der Waals surface area contributed by atoms with E-state index < -0.39 is 22.8 Å². The first-order chi connectivity index (χ1) is 7.93. The summed E-state index contributed by atoms with van der Waals surface area (Å²) in [4.78, 5) is 24.4. The molecule has 1 saturated heterocycles. The molecule has 2 unspecified atom stereocenters. The van der Waals surface area contributed by atoms with Crippen LogP contribution in [0, 0.1) is 21.7 Å². The number of esters is 2. The highest BCUT2D eigenvalue weighted by Gasteiger charge is 2.73. The molecule has 1 fully saturated rings. The standard InChI is InChI=1S/C15H22O3/c1-9-8-14(6)10(16)18-11(17)15(14,7)13(4,5)12(9,2)3/h8H,1-7H3. The topological polar surface area (TPSA) is 43.4 Å². The van der Waals surface area contributed by atoms with Crippen LogP contribution < -0.4 is 0 Å². The predicted molar refractivity (Wildman–Crippen MR) is 68.6 cm³/mol. The second kappa shape index (κ2) is 3.06. The lowest BCUT2D eigenvalue weighted by atomic mass is 9.42. The first-order valence-corrected chi connectivity index (χ1v) is 6.39. The smallest absolute Gasteiger partial charge is 0.324 e. The Morgan fingerprint density at radius 2 is 1.44 bits per heavy atom. The highest BCUT2D eigenvalue weighted by molar-refractivity contribution is 6.03. The van der Waals surface area contributed by atoms with Gasteiger partial charge in [-0.3, -0.25) is 9.59 Å². The summed E-state index contributed by atoms with van der Waals surface area (Å²) in [5.41, 5.74) is -1.06. The van der Waals surface area contributed by atoms with Crippen LogP contribution in [0.25, 0.3) is 0 Å². The van der Waals surface area contributed by atoms with Gasteiger partial charge in [0, 0.05) is 0 Å². The van der Waals surface area contributed by atoms with Crippen molar-refractivity contribution in [3.05, 3.63) is 11.6 Å². The summed E-state index contributed by atoms with van der Waals surface area (Å²) >= 11 is 0. The number of hydrogen-bond acceptors (Lipinski definition) is 3. The van der Waals surface area contributed by atoms with Gasteiger partial charge in [0.05, 0.1) is 5.41 Å². The number of cyclic esters (lactones) is 2. The Kier molecular flexibility index (Phi) is 2.27. The zero-order chi connectivity index (χ0) is 14.1. The third-order valence-electron chi connectivity index (χ3n) is 6.36. The van der Waals surface area contributed by atoms with E-state index in [9.17, 15) is 9.59 Å². The van der Waals surface area contributed by atoms with Gasteiger partial charge in [-0.1, -0.05) is 39.3 Å². The molecule has 0 aromatic rings. The Labute approximate surface area is 109 Å². The van der Waals surface area contributed by atoms with Gasteiger partial charge >= 0.3 is 11.9 Å². The Hall–Kier alpha value is -1.12. The maximum atomic E-state index is 12.3. The van der Waals surface area contributed by atoms with Crippen molar-refractivity contribution < 1.29 is 14.3 Å². The van der Waals surface area contributed by atoms with E-state index in [0.29, 0.717) is 0 Å². The summed E-state index contributed by atoms with van der Waals surface area (Å²) in [6.45, 7) is 14.1. The molecule has 0 spiro atoms. The molecule has 18 heavy (non-hydrogen) atoms. The minimum absolute atomic E-state index is 0.162. The summed E-state index contributed by atoms with van der Waals surface area (Å²) in [5.74, 6) is -0.810. The van der Waals surface area contributed by atoms with E-state index in [2.05, 4.69) is 27.7 Å². The molecule has 0 radical (unpaired) electrons. The van der Waals surface area contributed by atoms with Crippen molar-refractivity contribution in [2.75, 3.05) is 0 Å². The van der Waals surface area contributed by atoms with E-state index in [0.717, 1.165) is 5.57 Å². The van der Waals surface area contributed by atoms with Crippen molar-refractivity contribution in [1.82, 2.24) is 0 Å². The van der Waals surface area contributed by atoms with Gasteiger partial charge in [-0.2, -0.15) is 0 Å². The molecule has 0 saturated carbocycles. The van der Waals surface area contributed by atoms with Crippen LogP contribution in [0.15, 0.2) is 11.6 Å². The van der Waals surface area contributed by atoms with E-state index in [1.54, 1.807) is 0 Å². The van der Waals surface area contributed by atoms with Gasteiger partial charge < -0.3 is 4.74 Å². The predicted octanol–water partition coefficient (Wildman–Crippen LogP) is 3.09. The summed E-state index contributed by atoms with van der Waals surface area (Å²) in [5, 5.41) is 0. The minimum atomic E-state index is -0.854. The highest BCUT2D eigenvalue weighted by atomic mass is 16.6. The second-order valence-electron chi connectivity index (χ2n) is 7.08. The largest absolute Gasteiger partial charge is 0.392 e. The second-order valence-corrected chi connectivity index (χ2v) is 7.08. The lowest BCUT2D eigenvalue weighted by molar-refractivity contribution is -0.160. The van der Waals surface area contributed by atoms with Crippen molar-refractivity contribution in [3.8, 4) is 0 Å². The fraction of sp³-hybridized carbons (Fsp3) is 0.733. The summed E-state index contributed by atoms with van der Waals surface area (Å²) in [6.07, 6.45) is 1.94. The van der Waals surface area contributed by atoms with E-state index in [4.69, 9.17) is 4.74 Å². The molecule has 0 amide bonds. The number of allylic oxidation sites excluding steroid dienone is 1. The van der Waals surface area contributed by atoms with Crippen molar-refractivity contribution in [2.45, 2.75) is 48.5 Å². The minimum Gasteiger partial charge on any atom is -0.392 e. The first-order valence-electron chi connectivity index (χ1n) is 6.39. The number of carbonyl (C=O) groups excluding carboxylic acids is 2. The quantitative estimate of drug-likeness (QED) is 0.377. The van der Waals surface area contributed by atoms with Crippen LogP contribution in [-0.4, -0.2) is 11.9 Å². The van der Waals surface area contributed by atoms with Crippen LogP contribution in [-0.2, 0) is 14.3 Å². The number of ether oxygens (including phenoxy) is 1. The molecule has 3 heteroatoms. The molecule has 1 aliphatic carbocycles. The van der Waals surface area contributed by atoms with Gasteiger partial charge in [0.25, 0.3) is 0 Å². The van der Waals surface area contributed by atoms with Gasteiger partial charge in [0.1, 0.15) is 5.41 Å². The van der Waals surface area contributed by atoms with Gasteiger partial charge in [-0.25, -0.2) is 0 Å². The zero-order valence-corrected chi connectivity index (χ0v) is 12.3. The SMILES string of the molecule is CC1=CC2(C)C(=O)OC(=O)C2(C)C(C)(C)C1(C)C. The molecule has 2 aliphatic rings. The maximum absolute atomic E-state index is 12.3.